The van der Waals surface area contributed by atoms with E-state index in [4.69, 9.17) is 5.73 Å². The molecule has 2 atom stereocenters. The van der Waals surface area contributed by atoms with Crippen LogP contribution in [0.2, 0.25) is 0 Å². The van der Waals surface area contributed by atoms with Gasteiger partial charge in [-0.25, -0.2) is 0 Å². The van der Waals surface area contributed by atoms with Gasteiger partial charge in [-0.15, -0.1) is 0 Å². The van der Waals surface area contributed by atoms with E-state index in [1.165, 1.54) is 93.7 Å². The first kappa shape index (κ1) is 27.2. The summed E-state index contributed by atoms with van der Waals surface area (Å²) in [4.78, 5) is 0. The van der Waals surface area contributed by atoms with Gasteiger partial charge in [-0.05, 0) is 66.0 Å². The summed E-state index contributed by atoms with van der Waals surface area (Å²) in [5, 5.41) is 0. The molecule has 30 heavy (non-hydrogen) atoms. The Kier molecular flexibility index (Phi) is 14.4. The van der Waals surface area contributed by atoms with Crippen LogP contribution in [0.5, 0.6) is 0 Å². The molecule has 0 fully saturated rings. The van der Waals surface area contributed by atoms with E-state index in [9.17, 15) is 0 Å². The highest BCUT2D eigenvalue weighted by atomic mass is 14.5. The van der Waals surface area contributed by atoms with Crippen molar-refractivity contribution >= 4 is 0 Å². The van der Waals surface area contributed by atoms with Gasteiger partial charge < -0.3 is 5.73 Å². The van der Waals surface area contributed by atoms with Crippen LogP contribution in [-0.2, 0) is 19.4 Å². The zero-order valence-corrected chi connectivity index (χ0v) is 21.3. The SMILES string of the molecule is CC(C)CCCC(C)CCCc1cc(CN)cc(CCCC(C)CCCC(C)C)c1. The van der Waals surface area contributed by atoms with Crippen LogP contribution in [0.1, 0.15) is 122 Å². The van der Waals surface area contributed by atoms with Crippen molar-refractivity contribution < 1.29 is 0 Å². The number of rotatable bonds is 17. The molecule has 0 saturated heterocycles. The van der Waals surface area contributed by atoms with Crippen LogP contribution in [0.4, 0.5) is 0 Å². The molecule has 0 aliphatic carbocycles. The zero-order valence-electron chi connectivity index (χ0n) is 21.3. The third kappa shape index (κ3) is 13.5. The molecule has 0 heterocycles. The Labute approximate surface area is 189 Å². The highest BCUT2D eigenvalue weighted by Crippen LogP contribution is 2.21. The molecule has 0 bridgehead atoms. The van der Waals surface area contributed by atoms with Gasteiger partial charge in [-0.1, -0.05) is 111 Å². The Balaban J connectivity index is 2.39. The van der Waals surface area contributed by atoms with Gasteiger partial charge in [0.25, 0.3) is 0 Å². The molecule has 174 valence electrons. The van der Waals surface area contributed by atoms with Gasteiger partial charge in [0.05, 0.1) is 0 Å². The van der Waals surface area contributed by atoms with Crippen molar-refractivity contribution in [3.05, 3.63) is 34.9 Å². The number of nitrogens with two attached hydrogens (primary N) is 1. The first-order valence-corrected chi connectivity index (χ1v) is 13.1. The number of benzene rings is 1. The van der Waals surface area contributed by atoms with Crippen LogP contribution < -0.4 is 5.73 Å². The summed E-state index contributed by atoms with van der Waals surface area (Å²) in [5.41, 5.74) is 10.3. The van der Waals surface area contributed by atoms with E-state index < -0.39 is 0 Å². The number of hydrogen-bond donors (Lipinski definition) is 1. The van der Waals surface area contributed by atoms with Crippen LogP contribution in [0, 0.1) is 23.7 Å². The highest BCUT2D eigenvalue weighted by Gasteiger charge is 2.07. The van der Waals surface area contributed by atoms with Gasteiger partial charge in [0.15, 0.2) is 0 Å². The lowest BCUT2D eigenvalue weighted by Gasteiger charge is -2.14. The minimum Gasteiger partial charge on any atom is -0.326 e. The van der Waals surface area contributed by atoms with E-state index in [1.807, 2.05) is 0 Å². The maximum atomic E-state index is 6.00. The second-order valence-electron chi connectivity index (χ2n) is 11.0. The Hall–Kier alpha value is -0.820. The van der Waals surface area contributed by atoms with Crippen LogP contribution in [-0.4, -0.2) is 0 Å². The molecule has 1 aromatic rings. The molecule has 0 aliphatic rings. The smallest absolute Gasteiger partial charge is 0.0178 e. The second kappa shape index (κ2) is 15.9. The van der Waals surface area contributed by atoms with Crippen molar-refractivity contribution in [3.8, 4) is 0 Å². The van der Waals surface area contributed by atoms with E-state index in [0.29, 0.717) is 6.54 Å². The van der Waals surface area contributed by atoms with Crippen molar-refractivity contribution in [3.63, 3.8) is 0 Å². The Morgan fingerprint density at radius 1 is 0.533 bits per heavy atom. The monoisotopic (exact) mass is 415 g/mol. The lowest BCUT2D eigenvalue weighted by atomic mass is 9.92. The Bertz CT molecular complexity index is 501. The van der Waals surface area contributed by atoms with Crippen LogP contribution in [0.3, 0.4) is 0 Å². The fourth-order valence-corrected chi connectivity index (χ4v) is 4.59. The quantitative estimate of drug-likeness (QED) is 0.270. The maximum Gasteiger partial charge on any atom is 0.0178 e. The summed E-state index contributed by atoms with van der Waals surface area (Å²) in [5.74, 6) is 3.41. The molecule has 2 unspecified atom stereocenters. The van der Waals surface area contributed by atoms with Gasteiger partial charge in [0, 0.05) is 6.54 Å². The molecule has 0 aromatic heterocycles. The Morgan fingerprint density at radius 2 is 0.900 bits per heavy atom. The van der Waals surface area contributed by atoms with Crippen molar-refractivity contribution in [1.29, 1.82) is 0 Å². The predicted octanol–water partition coefficient (Wildman–Crippen LogP) is 8.72. The molecule has 1 rings (SSSR count). The van der Waals surface area contributed by atoms with Gasteiger partial charge in [0.1, 0.15) is 0 Å². The van der Waals surface area contributed by atoms with E-state index in [-0.39, 0.29) is 0 Å². The van der Waals surface area contributed by atoms with E-state index >= 15 is 0 Å². The molecule has 1 nitrogen and oxygen atoms in total. The molecule has 0 amide bonds. The fraction of sp³-hybridized carbons (Fsp3) is 0.793. The third-order valence-corrected chi connectivity index (χ3v) is 6.63. The molecular formula is C29H53N. The van der Waals surface area contributed by atoms with Crippen molar-refractivity contribution in [2.24, 2.45) is 29.4 Å². The van der Waals surface area contributed by atoms with Crippen LogP contribution in [0.25, 0.3) is 0 Å². The minimum atomic E-state index is 0.665. The maximum absolute atomic E-state index is 6.00. The van der Waals surface area contributed by atoms with Gasteiger partial charge in [-0.3, -0.25) is 0 Å². The zero-order chi connectivity index (χ0) is 22.4. The van der Waals surface area contributed by atoms with E-state index in [2.05, 4.69) is 59.7 Å². The average molecular weight is 416 g/mol. The summed E-state index contributed by atoms with van der Waals surface area (Å²) < 4.78 is 0. The van der Waals surface area contributed by atoms with Crippen molar-refractivity contribution in [1.82, 2.24) is 0 Å². The molecule has 2 N–H and O–H groups in total. The average Bonchev–Trinajstić information content (AvgIpc) is 2.67. The third-order valence-electron chi connectivity index (χ3n) is 6.63. The minimum absolute atomic E-state index is 0.665. The lowest BCUT2D eigenvalue weighted by molar-refractivity contribution is 0.427. The molecular weight excluding hydrogens is 362 g/mol. The standard InChI is InChI=1S/C29H53N/c1-23(2)11-7-13-25(5)15-9-17-27-19-28(21-29(20-27)22-30)18-10-16-26(6)14-8-12-24(3)4/h19-21,23-26H,7-18,22,30H2,1-6H3. The number of aryl methyl sites for hydroxylation is 2. The van der Waals surface area contributed by atoms with Gasteiger partial charge >= 0.3 is 0 Å². The van der Waals surface area contributed by atoms with E-state index in [1.54, 1.807) is 0 Å². The van der Waals surface area contributed by atoms with Gasteiger partial charge in [0.2, 0.25) is 0 Å². The van der Waals surface area contributed by atoms with Gasteiger partial charge in [-0.2, -0.15) is 0 Å². The Morgan fingerprint density at radius 3 is 1.27 bits per heavy atom. The molecule has 1 heteroatoms. The van der Waals surface area contributed by atoms with Crippen LogP contribution in [0.15, 0.2) is 18.2 Å². The molecule has 0 saturated carbocycles. The summed E-state index contributed by atoms with van der Waals surface area (Å²) in [7, 11) is 0. The van der Waals surface area contributed by atoms with Crippen molar-refractivity contribution in [2.45, 2.75) is 125 Å². The molecule has 0 aliphatic heterocycles. The summed E-state index contributed by atoms with van der Waals surface area (Å²) >= 11 is 0. The first-order chi connectivity index (χ1) is 14.3. The van der Waals surface area contributed by atoms with Crippen molar-refractivity contribution in [2.75, 3.05) is 0 Å². The molecule has 1 aromatic carbocycles. The predicted molar refractivity (Wildman–Crippen MR) is 136 cm³/mol. The fourth-order valence-electron chi connectivity index (χ4n) is 4.59. The summed E-state index contributed by atoms with van der Waals surface area (Å²) in [6.07, 6.45) is 16.1. The van der Waals surface area contributed by atoms with Crippen LogP contribution >= 0.6 is 0 Å². The topological polar surface area (TPSA) is 26.0 Å². The lowest BCUT2D eigenvalue weighted by Crippen LogP contribution is -2.02. The van der Waals surface area contributed by atoms with E-state index in [0.717, 1.165) is 23.7 Å². The largest absolute Gasteiger partial charge is 0.326 e. The summed E-state index contributed by atoms with van der Waals surface area (Å²) in [6, 6.07) is 7.16. The first-order valence-electron chi connectivity index (χ1n) is 13.1. The summed E-state index contributed by atoms with van der Waals surface area (Å²) in [6.45, 7) is 14.9. The second-order valence-corrected chi connectivity index (χ2v) is 11.0. The molecule has 0 radical (unpaired) electrons. The highest BCUT2D eigenvalue weighted by molar-refractivity contribution is 5.30. The number of hydrogen-bond acceptors (Lipinski definition) is 1. The molecule has 0 spiro atoms. The normalized spacial score (nSPS) is 13.9.